The minimum Gasteiger partial charge on any atom is -0.303 e. The van der Waals surface area contributed by atoms with Crippen LogP contribution in [0.25, 0.3) is 0 Å². The summed E-state index contributed by atoms with van der Waals surface area (Å²) in [5.41, 5.74) is 1.05. The molecule has 0 aromatic heterocycles. The maximum atomic E-state index is 5.20. The first-order valence-electron chi connectivity index (χ1n) is 5.03. The van der Waals surface area contributed by atoms with E-state index in [4.69, 9.17) is 6.42 Å². The molecule has 0 radical (unpaired) electrons. The van der Waals surface area contributed by atoms with Crippen molar-refractivity contribution in [1.82, 2.24) is 5.32 Å². The van der Waals surface area contributed by atoms with Gasteiger partial charge in [-0.2, -0.15) is 0 Å². The Labute approximate surface area is 91.9 Å². The molecule has 0 spiro atoms. The molecule has 0 aliphatic heterocycles. The first-order chi connectivity index (χ1) is 7.33. The summed E-state index contributed by atoms with van der Waals surface area (Å²) in [5, 5.41) is 3.24. The van der Waals surface area contributed by atoms with E-state index < -0.39 is 0 Å². The van der Waals surface area contributed by atoms with Gasteiger partial charge in [0.15, 0.2) is 0 Å². The van der Waals surface area contributed by atoms with Crippen molar-refractivity contribution in [3.05, 3.63) is 35.9 Å². The van der Waals surface area contributed by atoms with E-state index in [1.54, 1.807) is 0 Å². The predicted molar refractivity (Wildman–Crippen MR) is 64.2 cm³/mol. The summed E-state index contributed by atoms with van der Waals surface area (Å²) in [6.07, 6.45) is 5.94. The molecule has 1 unspecified atom stereocenters. The standard InChI is InChI=1S/C14H15N/c1-3-8-13(2)15-12-7-11-14-9-5-4-6-10-14/h1,4-6,9-10,13,15H,8,12H2,2H3. The van der Waals surface area contributed by atoms with Gasteiger partial charge in [-0.15, -0.1) is 12.3 Å². The molecule has 15 heavy (non-hydrogen) atoms. The fourth-order valence-corrected chi connectivity index (χ4v) is 1.14. The largest absolute Gasteiger partial charge is 0.303 e. The van der Waals surface area contributed by atoms with Gasteiger partial charge in [0.05, 0.1) is 6.54 Å². The molecule has 0 heterocycles. The topological polar surface area (TPSA) is 12.0 Å². The normalized spacial score (nSPS) is 10.9. The van der Waals surface area contributed by atoms with Crippen LogP contribution in [0.2, 0.25) is 0 Å². The van der Waals surface area contributed by atoms with Gasteiger partial charge >= 0.3 is 0 Å². The number of benzene rings is 1. The van der Waals surface area contributed by atoms with Crippen LogP contribution in [0.1, 0.15) is 18.9 Å². The highest BCUT2D eigenvalue weighted by molar-refractivity contribution is 5.33. The summed E-state index contributed by atoms with van der Waals surface area (Å²) in [4.78, 5) is 0. The summed E-state index contributed by atoms with van der Waals surface area (Å²) >= 11 is 0. The third kappa shape index (κ3) is 4.91. The van der Waals surface area contributed by atoms with Crippen LogP contribution in [-0.4, -0.2) is 12.6 Å². The fourth-order valence-electron chi connectivity index (χ4n) is 1.14. The molecule has 1 N–H and O–H groups in total. The number of nitrogens with one attached hydrogen (secondary N) is 1. The smallest absolute Gasteiger partial charge is 0.0582 e. The second-order valence-corrected chi connectivity index (χ2v) is 3.36. The molecule has 0 saturated carbocycles. The first kappa shape index (κ1) is 11.4. The van der Waals surface area contributed by atoms with Crippen LogP contribution in [0.3, 0.4) is 0 Å². The Morgan fingerprint density at radius 3 is 2.73 bits per heavy atom. The molecule has 0 aliphatic carbocycles. The molecule has 0 bridgehead atoms. The second-order valence-electron chi connectivity index (χ2n) is 3.36. The SMILES string of the molecule is C#CCC(C)NCC#Cc1ccccc1. The van der Waals surface area contributed by atoms with Crippen molar-refractivity contribution in [2.45, 2.75) is 19.4 Å². The van der Waals surface area contributed by atoms with Crippen molar-refractivity contribution >= 4 is 0 Å². The van der Waals surface area contributed by atoms with Gasteiger partial charge in [0.1, 0.15) is 0 Å². The fraction of sp³-hybridized carbons (Fsp3) is 0.286. The summed E-state index contributed by atoms with van der Waals surface area (Å²) in [6.45, 7) is 2.74. The van der Waals surface area contributed by atoms with Crippen molar-refractivity contribution in [3.8, 4) is 24.2 Å². The average Bonchev–Trinajstić information content (AvgIpc) is 2.26. The van der Waals surface area contributed by atoms with Gasteiger partial charge < -0.3 is 5.32 Å². The third-order valence-electron chi connectivity index (χ3n) is 1.97. The van der Waals surface area contributed by atoms with Gasteiger partial charge in [0.2, 0.25) is 0 Å². The molecule has 1 heteroatoms. The van der Waals surface area contributed by atoms with E-state index in [2.05, 4.69) is 30.0 Å². The van der Waals surface area contributed by atoms with Gasteiger partial charge in [-0.1, -0.05) is 30.0 Å². The molecule has 1 rings (SSSR count). The molecule has 76 valence electrons. The van der Waals surface area contributed by atoms with Gasteiger partial charge in [-0.25, -0.2) is 0 Å². The zero-order valence-corrected chi connectivity index (χ0v) is 8.96. The predicted octanol–water partition coefficient (Wildman–Crippen LogP) is 2.04. The van der Waals surface area contributed by atoms with Gasteiger partial charge in [0, 0.05) is 18.0 Å². The van der Waals surface area contributed by atoms with E-state index in [0.717, 1.165) is 12.0 Å². The Balaban J connectivity index is 2.32. The molecule has 0 amide bonds. The Kier molecular flexibility index (Phi) is 5.09. The van der Waals surface area contributed by atoms with Crippen LogP contribution < -0.4 is 5.32 Å². The number of terminal acetylenes is 1. The maximum Gasteiger partial charge on any atom is 0.0582 e. The molecule has 1 aromatic carbocycles. The number of hydrogen-bond donors (Lipinski definition) is 1. The van der Waals surface area contributed by atoms with Crippen LogP contribution >= 0.6 is 0 Å². The second kappa shape index (κ2) is 6.71. The Hall–Kier alpha value is -1.70. The Morgan fingerprint density at radius 1 is 1.33 bits per heavy atom. The number of rotatable bonds is 3. The molecular formula is C14H15N. The monoisotopic (exact) mass is 197 g/mol. The Bertz CT molecular complexity index is 375. The van der Waals surface area contributed by atoms with Crippen LogP contribution in [-0.2, 0) is 0 Å². The number of hydrogen-bond acceptors (Lipinski definition) is 1. The van der Waals surface area contributed by atoms with Gasteiger partial charge in [0.25, 0.3) is 0 Å². The molecule has 0 saturated heterocycles. The molecular weight excluding hydrogens is 182 g/mol. The van der Waals surface area contributed by atoms with Crippen molar-refractivity contribution < 1.29 is 0 Å². The molecule has 1 nitrogen and oxygen atoms in total. The molecule has 1 aromatic rings. The highest BCUT2D eigenvalue weighted by Gasteiger charge is 1.94. The van der Waals surface area contributed by atoms with Crippen LogP contribution in [0.5, 0.6) is 0 Å². The van der Waals surface area contributed by atoms with Crippen molar-refractivity contribution in [2.75, 3.05) is 6.54 Å². The zero-order chi connectivity index (χ0) is 10.9. The van der Waals surface area contributed by atoms with Crippen molar-refractivity contribution in [2.24, 2.45) is 0 Å². The summed E-state index contributed by atoms with van der Waals surface area (Å²) in [5.74, 6) is 8.75. The van der Waals surface area contributed by atoms with Gasteiger partial charge in [-0.3, -0.25) is 0 Å². The zero-order valence-electron chi connectivity index (χ0n) is 8.96. The first-order valence-corrected chi connectivity index (χ1v) is 5.03. The Morgan fingerprint density at radius 2 is 2.07 bits per heavy atom. The molecule has 0 aliphatic rings. The van der Waals surface area contributed by atoms with Crippen LogP contribution in [0.4, 0.5) is 0 Å². The lowest BCUT2D eigenvalue weighted by Gasteiger charge is -2.05. The van der Waals surface area contributed by atoms with Crippen molar-refractivity contribution in [3.63, 3.8) is 0 Å². The quantitative estimate of drug-likeness (QED) is 0.731. The highest BCUT2D eigenvalue weighted by Crippen LogP contribution is 1.94. The minimum atomic E-state index is 0.333. The molecule has 0 fully saturated rings. The summed E-state index contributed by atoms with van der Waals surface area (Å²) in [6, 6.07) is 10.3. The summed E-state index contributed by atoms with van der Waals surface area (Å²) < 4.78 is 0. The third-order valence-corrected chi connectivity index (χ3v) is 1.97. The average molecular weight is 197 g/mol. The highest BCUT2D eigenvalue weighted by atomic mass is 14.9. The van der Waals surface area contributed by atoms with Crippen LogP contribution in [0, 0.1) is 24.2 Å². The van der Waals surface area contributed by atoms with E-state index in [0.29, 0.717) is 12.6 Å². The van der Waals surface area contributed by atoms with Crippen LogP contribution in [0.15, 0.2) is 30.3 Å². The van der Waals surface area contributed by atoms with Crippen molar-refractivity contribution in [1.29, 1.82) is 0 Å². The van der Waals surface area contributed by atoms with E-state index in [9.17, 15) is 0 Å². The summed E-state index contributed by atoms with van der Waals surface area (Å²) in [7, 11) is 0. The minimum absolute atomic E-state index is 0.333. The lowest BCUT2D eigenvalue weighted by Crippen LogP contribution is -2.25. The lowest BCUT2D eigenvalue weighted by atomic mass is 10.2. The maximum absolute atomic E-state index is 5.20. The molecule has 1 atom stereocenters. The van der Waals surface area contributed by atoms with E-state index in [-0.39, 0.29) is 0 Å². The van der Waals surface area contributed by atoms with E-state index in [1.165, 1.54) is 0 Å². The van der Waals surface area contributed by atoms with E-state index >= 15 is 0 Å². The lowest BCUT2D eigenvalue weighted by molar-refractivity contribution is 0.602. The van der Waals surface area contributed by atoms with E-state index in [1.807, 2.05) is 30.3 Å². The van der Waals surface area contributed by atoms with Gasteiger partial charge in [-0.05, 0) is 19.1 Å².